The van der Waals surface area contributed by atoms with Crippen LogP contribution in [0.1, 0.15) is 87.0 Å². The molecular formula is C30H41NO2. The van der Waals surface area contributed by atoms with Gasteiger partial charge >= 0.3 is 0 Å². The Morgan fingerprint density at radius 2 is 1.61 bits per heavy atom. The van der Waals surface area contributed by atoms with Crippen molar-refractivity contribution in [2.75, 3.05) is 0 Å². The van der Waals surface area contributed by atoms with E-state index in [0.29, 0.717) is 5.92 Å². The number of nitriles is 1. The summed E-state index contributed by atoms with van der Waals surface area (Å²) in [5.41, 5.74) is 0.290. The van der Waals surface area contributed by atoms with Crippen molar-refractivity contribution in [3.8, 4) is 6.07 Å². The first-order chi connectivity index (χ1) is 15.2. The van der Waals surface area contributed by atoms with Gasteiger partial charge in [0.15, 0.2) is 11.6 Å². The molecule has 33 heavy (non-hydrogen) atoms. The zero-order valence-electron chi connectivity index (χ0n) is 21.6. The number of hydrogen-bond donors (Lipinski definition) is 0. The Morgan fingerprint density at radius 1 is 0.939 bits per heavy atom. The molecule has 5 aliphatic rings. The second-order valence-electron chi connectivity index (χ2n) is 14.0. The highest BCUT2D eigenvalue weighted by atomic mass is 16.1. The zero-order valence-corrected chi connectivity index (χ0v) is 21.6. The molecule has 3 fully saturated rings. The SMILES string of the molecule is CC1(C)CCC2CCC3(C)C(C(=O)C=C4C5(C)C=CC(=O)C(C)(C)C5CCC43C)C2C1C#N. The van der Waals surface area contributed by atoms with E-state index in [1.807, 2.05) is 6.08 Å². The molecule has 178 valence electrons. The fourth-order valence-electron chi connectivity index (χ4n) is 9.69. The first-order valence-corrected chi connectivity index (χ1v) is 13.1. The number of fused-ring (bicyclic) bond motifs is 7. The Bertz CT molecular complexity index is 1020. The standard InChI is InChI=1S/C30H41NO2/c1-26(2)12-8-18-9-14-30(7)25(24(18)19(26)17-31)20(32)16-22-28(5)13-11-23(33)27(3,4)21(28)10-15-29(22,30)6/h11,13,16,18-19,21,24-25H,8-10,12,14-15H2,1-7H3. The predicted octanol–water partition coefficient (Wildman–Crippen LogP) is 6.69. The van der Waals surface area contributed by atoms with E-state index in [9.17, 15) is 14.9 Å². The van der Waals surface area contributed by atoms with Gasteiger partial charge in [-0.3, -0.25) is 9.59 Å². The summed E-state index contributed by atoms with van der Waals surface area (Å²) in [6, 6.07) is 2.70. The van der Waals surface area contributed by atoms with Gasteiger partial charge in [0.2, 0.25) is 0 Å². The quantitative estimate of drug-likeness (QED) is 0.415. The molecule has 0 aliphatic heterocycles. The third kappa shape index (κ3) is 2.67. The van der Waals surface area contributed by atoms with Crippen molar-refractivity contribution in [2.24, 2.45) is 56.7 Å². The monoisotopic (exact) mass is 447 g/mol. The molecule has 3 heteroatoms. The molecule has 0 bridgehead atoms. The van der Waals surface area contributed by atoms with Gasteiger partial charge in [-0.05, 0) is 84.7 Å². The summed E-state index contributed by atoms with van der Waals surface area (Å²) in [6.45, 7) is 15.7. The zero-order chi connectivity index (χ0) is 24.2. The normalized spacial score (nSPS) is 49.6. The van der Waals surface area contributed by atoms with Crippen molar-refractivity contribution < 1.29 is 9.59 Å². The molecule has 0 aromatic heterocycles. The van der Waals surface area contributed by atoms with Crippen LogP contribution >= 0.6 is 0 Å². The molecule has 0 aromatic carbocycles. The molecule has 0 radical (unpaired) electrons. The molecule has 0 heterocycles. The molecule has 0 amide bonds. The maximum absolute atomic E-state index is 14.1. The highest BCUT2D eigenvalue weighted by molar-refractivity contribution is 5.98. The van der Waals surface area contributed by atoms with Gasteiger partial charge in [-0.1, -0.05) is 60.1 Å². The van der Waals surface area contributed by atoms with Crippen molar-refractivity contribution in [3.05, 3.63) is 23.8 Å². The number of allylic oxidation sites excluding steroid dienone is 4. The van der Waals surface area contributed by atoms with Crippen LogP contribution in [-0.4, -0.2) is 11.6 Å². The van der Waals surface area contributed by atoms with Gasteiger partial charge in [-0.2, -0.15) is 5.26 Å². The Balaban J connectivity index is 1.67. The Hall–Kier alpha value is -1.69. The summed E-state index contributed by atoms with van der Waals surface area (Å²) in [5, 5.41) is 10.3. The van der Waals surface area contributed by atoms with Gasteiger partial charge in [-0.15, -0.1) is 0 Å². The van der Waals surface area contributed by atoms with E-state index in [1.165, 1.54) is 5.57 Å². The first kappa shape index (κ1) is 23.1. The van der Waals surface area contributed by atoms with Crippen LogP contribution < -0.4 is 0 Å². The molecule has 0 aromatic rings. The Kier molecular flexibility index (Phi) is 4.69. The highest BCUT2D eigenvalue weighted by Crippen LogP contribution is 2.73. The molecule has 0 spiro atoms. The van der Waals surface area contributed by atoms with E-state index in [1.54, 1.807) is 6.08 Å². The van der Waals surface area contributed by atoms with Crippen molar-refractivity contribution >= 4 is 11.6 Å². The van der Waals surface area contributed by atoms with Crippen LogP contribution in [-0.2, 0) is 9.59 Å². The number of rotatable bonds is 0. The number of ketones is 2. The van der Waals surface area contributed by atoms with Gasteiger partial charge in [0, 0.05) is 16.7 Å². The molecule has 8 atom stereocenters. The summed E-state index contributed by atoms with van der Waals surface area (Å²) in [7, 11) is 0. The largest absolute Gasteiger partial charge is 0.295 e. The van der Waals surface area contributed by atoms with E-state index >= 15 is 0 Å². The van der Waals surface area contributed by atoms with E-state index in [-0.39, 0.29) is 56.9 Å². The second-order valence-corrected chi connectivity index (χ2v) is 14.0. The summed E-state index contributed by atoms with van der Waals surface area (Å²) >= 11 is 0. The van der Waals surface area contributed by atoms with E-state index in [4.69, 9.17) is 0 Å². The Labute approximate surface area is 200 Å². The molecule has 3 saturated carbocycles. The van der Waals surface area contributed by atoms with E-state index in [2.05, 4.69) is 60.6 Å². The van der Waals surface area contributed by atoms with Gasteiger partial charge in [0.25, 0.3) is 0 Å². The molecule has 3 nitrogen and oxygen atoms in total. The highest BCUT2D eigenvalue weighted by Gasteiger charge is 2.68. The summed E-state index contributed by atoms with van der Waals surface area (Å²) in [6.07, 6.45) is 12.3. The fraction of sp³-hybridized carbons (Fsp3) is 0.767. The molecule has 0 saturated heterocycles. The predicted molar refractivity (Wildman–Crippen MR) is 130 cm³/mol. The van der Waals surface area contributed by atoms with Crippen LogP contribution in [0.15, 0.2) is 23.8 Å². The summed E-state index contributed by atoms with van der Waals surface area (Å²) in [5.74, 6) is 1.18. The smallest absolute Gasteiger partial charge is 0.161 e. The topological polar surface area (TPSA) is 57.9 Å². The van der Waals surface area contributed by atoms with Crippen LogP contribution in [0.2, 0.25) is 0 Å². The van der Waals surface area contributed by atoms with Gasteiger partial charge in [0.05, 0.1) is 12.0 Å². The van der Waals surface area contributed by atoms with Crippen molar-refractivity contribution in [2.45, 2.75) is 87.0 Å². The third-order valence-electron chi connectivity index (χ3n) is 11.9. The average Bonchev–Trinajstić information content (AvgIpc) is 2.72. The van der Waals surface area contributed by atoms with Gasteiger partial charge in [-0.25, -0.2) is 0 Å². The molecule has 5 rings (SSSR count). The van der Waals surface area contributed by atoms with Crippen molar-refractivity contribution in [3.63, 3.8) is 0 Å². The number of hydrogen-bond acceptors (Lipinski definition) is 3. The van der Waals surface area contributed by atoms with E-state index < -0.39 is 5.41 Å². The molecular weight excluding hydrogens is 406 g/mol. The van der Waals surface area contributed by atoms with Crippen molar-refractivity contribution in [1.82, 2.24) is 0 Å². The maximum Gasteiger partial charge on any atom is 0.161 e. The lowest BCUT2D eigenvalue weighted by molar-refractivity contribution is -0.160. The minimum absolute atomic E-state index is 0.0422. The maximum atomic E-state index is 14.1. The van der Waals surface area contributed by atoms with Crippen molar-refractivity contribution in [1.29, 1.82) is 5.26 Å². The molecule has 8 unspecified atom stereocenters. The number of nitrogens with zero attached hydrogens (tertiary/aromatic N) is 1. The lowest BCUT2D eigenvalue weighted by atomic mass is 9.35. The van der Waals surface area contributed by atoms with Crippen LogP contribution in [0, 0.1) is 68.0 Å². The van der Waals surface area contributed by atoms with Crippen LogP contribution in [0.25, 0.3) is 0 Å². The van der Waals surface area contributed by atoms with Gasteiger partial charge < -0.3 is 0 Å². The van der Waals surface area contributed by atoms with E-state index in [0.717, 1.165) is 38.5 Å². The summed E-state index contributed by atoms with van der Waals surface area (Å²) < 4.78 is 0. The summed E-state index contributed by atoms with van der Waals surface area (Å²) in [4.78, 5) is 26.9. The number of carbonyl (C=O) groups excluding carboxylic acids is 2. The van der Waals surface area contributed by atoms with Crippen LogP contribution in [0.3, 0.4) is 0 Å². The fourth-order valence-corrected chi connectivity index (χ4v) is 9.69. The van der Waals surface area contributed by atoms with Crippen LogP contribution in [0.4, 0.5) is 0 Å². The Morgan fingerprint density at radius 3 is 2.27 bits per heavy atom. The minimum Gasteiger partial charge on any atom is -0.295 e. The lowest BCUT2D eigenvalue weighted by Crippen LogP contribution is -2.64. The lowest BCUT2D eigenvalue weighted by Gasteiger charge is -2.68. The first-order valence-electron chi connectivity index (χ1n) is 13.1. The molecule has 0 N–H and O–H groups in total. The minimum atomic E-state index is -0.413. The third-order valence-corrected chi connectivity index (χ3v) is 11.9. The second kappa shape index (κ2) is 6.71. The van der Waals surface area contributed by atoms with Gasteiger partial charge in [0.1, 0.15) is 0 Å². The average molecular weight is 448 g/mol. The van der Waals surface area contributed by atoms with Crippen LogP contribution in [0.5, 0.6) is 0 Å². The number of carbonyl (C=O) groups is 2. The molecule has 5 aliphatic carbocycles.